The summed E-state index contributed by atoms with van der Waals surface area (Å²) in [5.74, 6) is -2.94. The Morgan fingerprint density at radius 2 is 1.98 bits per heavy atom. The van der Waals surface area contributed by atoms with Gasteiger partial charge in [0.05, 0.1) is 18.5 Å². The number of hydrogen-bond donors (Lipinski definition) is 3. The van der Waals surface area contributed by atoms with Crippen molar-refractivity contribution in [1.82, 2.24) is 35.5 Å². The van der Waals surface area contributed by atoms with Crippen molar-refractivity contribution in [3.8, 4) is 11.6 Å². The molecule has 0 spiro atoms. The number of nitrogens with zero attached hydrogens (tertiary/aromatic N) is 6. The lowest BCUT2D eigenvalue weighted by atomic mass is 10.1. The molecule has 0 saturated heterocycles. The summed E-state index contributed by atoms with van der Waals surface area (Å²) in [6, 6.07) is 13.0. The summed E-state index contributed by atoms with van der Waals surface area (Å²) in [4.78, 5) is 45.6. The minimum Gasteiger partial charge on any atom is -0.493 e. The molecular formula is C26H23ClN8O5. The Hall–Kier alpha value is -5.17. The molecule has 40 heavy (non-hydrogen) atoms. The summed E-state index contributed by atoms with van der Waals surface area (Å²) < 4.78 is 6.25. The second-order valence-corrected chi connectivity index (χ2v) is 8.62. The summed E-state index contributed by atoms with van der Waals surface area (Å²) in [7, 11) is 0. The molecule has 2 aromatic carbocycles. The van der Waals surface area contributed by atoms with Crippen molar-refractivity contribution in [3.63, 3.8) is 0 Å². The fourth-order valence-corrected chi connectivity index (χ4v) is 3.75. The number of amides is 2. The fraction of sp³-hybridized carbons (Fsp3) is 0.154. The molecule has 2 amide bonds. The van der Waals surface area contributed by atoms with Crippen molar-refractivity contribution in [2.75, 3.05) is 11.9 Å². The molecule has 4 rings (SSSR count). The number of carbonyl (C=O) groups is 3. The van der Waals surface area contributed by atoms with Crippen LogP contribution in [-0.2, 0) is 20.7 Å². The van der Waals surface area contributed by atoms with E-state index < -0.39 is 29.7 Å². The SMILES string of the molecule is CCOC(=O)c1cnc(NC(=O)[C@H](Cc2ccccc2)NC(=O)/C=C/c2cc(Cl)ccc2-n2cnnn2)nc1O. The van der Waals surface area contributed by atoms with E-state index in [1.807, 2.05) is 18.2 Å². The van der Waals surface area contributed by atoms with Gasteiger partial charge >= 0.3 is 5.97 Å². The van der Waals surface area contributed by atoms with Crippen molar-refractivity contribution < 1.29 is 24.2 Å². The zero-order chi connectivity index (χ0) is 28.5. The molecule has 0 unspecified atom stereocenters. The molecule has 0 aliphatic carbocycles. The predicted octanol–water partition coefficient (Wildman–Crippen LogP) is 2.37. The topological polar surface area (TPSA) is 174 Å². The zero-order valence-corrected chi connectivity index (χ0v) is 21.8. The van der Waals surface area contributed by atoms with Crippen molar-refractivity contribution in [2.45, 2.75) is 19.4 Å². The molecular weight excluding hydrogens is 540 g/mol. The maximum absolute atomic E-state index is 13.2. The number of benzene rings is 2. The van der Waals surface area contributed by atoms with E-state index in [9.17, 15) is 19.5 Å². The minimum absolute atomic E-state index is 0.0996. The number of halogens is 1. The second kappa shape index (κ2) is 13.1. The van der Waals surface area contributed by atoms with E-state index in [2.05, 4.69) is 36.1 Å². The van der Waals surface area contributed by atoms with Gasteiger partial charge in [-0.1, -0.05) is 41.9 Å². The Bertz CT molecular complexity index is 1530. The molecule has 2 heterocycles. The van der Waals surface area contributed by atoms with Crippen LogP contribution >= 0.6 is 11.6 Å². The number of nitrogens with one attached hydrogen (secondary N) is 2. The summed E-state index contributed by atoms with van der Waals surface area (Å²) in [6.07, 6.45) is 5.36. The van der Waals surface area contributed by atoms with Crippen LogP contribution in [0, 0.1) is 0 Å². The van der Waals surface area contributed by atoms with Crippen molar-refractivity contribution in [3.05, 3.63) is 88.8 Å². The average Bonchev–Trinajstić information content (AvgIpc) is 3.47. The highest BCUT2D eigenvalue weighted by Gasteiger charge is 2.23. The number of anilines is 1. The van der Waals surface area contributed by atoms with Crippen LogP contribution in [0.3, 0.4) is 0 Å². The van der Waals surface area contributed by atoms with Crippen LogP contribution in [0.2, 0.25) is 5.02 Å². The molecule has 3 N–H and O–H groups in total. The van der Waals surface area contributed by atoms with Gasteiger partial charge in [0.2, 0.25) is 23.6 Å². The Morgan fingerprint density at radius 3 is 2.67 bits per heavy atom. The van der Waals surface area contributed by atoms with Gasteiger partial charge in [-0.3, -0.25) is 14.9 Å². The van der Waals surface area contributed by atoms with E-state index >= 15 is 0 Å². The first-order chi connectivity index (χ1) is 19.3. The molecule has 0 fully saturated rings. The van der Waals surface area contributed by atoms with Gasteiger partial charge in [-0.2, -0.15) is 9.67 Å². The lowest BCUT2D eigenvalue weighted by Crippen LogP contribution is -2.45. The van der Waals surface area contributed by atoms with Crippen LogP contribution in [0.1, 0.15) is 28.4 Å². The largest absolute Gasteiger partial charge is 0.493 e. The third-order valence-corrected chi connectivity index (χ3v) is 5.65. The molecule has 1 atom stereocenters. The van der Waals surface area contributed by atoms with E-state index in [4.69, 9.17) is 16.3 Å². The van der Waals surface area contributed by atoms with E-state index in [0.717, 1.165) is 11.8 Å². The van der Waals surface area contributed by atoms with E-state index in [0.29, 0.717) is 16.3 Å². The van der Waals surface area contributed by atoms with Gasteiger partial charge in [-0.15, -0.1) is 5.10 Å². The number of aromatic nitrogens is 6. The highest BCUT2D eigenvalue weighted by molar-refractivity contribution is 6.30. The molecule has 2 aromatic heterocycles. The second-order valence-electron chi connectivity index (χ2n) is 8.18. The lowest BCUT2D eigenvalue weighted by Gasteiger charge is -2.17. The normalized spacial score (nSPS) is 11.7. The first-order valence-corrected chi connectivity index (χ1v) is 12.3. The molecule has 13 nitrogen and oxygen atoms in total. The number of hydrogen-bond acceptors (Lipinski definition) is 10. The molecule has 0 aliphatic heterocycles. The third-order valence-electron chi connectivity index (χ3n) is 5.41. The smallest absolute Gasteiger partial charge is 0.345 e. The Kier molecular flexibility index (Phi) is 9.10. The summed E-state index contributed by atoms with van der Waals surface area (Å²) in [5, 5.41) is 26.8. The molecule has 0 radical (unpaired) electrons. The fourth-order valence-electron chi connectivity index (χ4n) is 3.57. The van der Waals surface area contributed by atoms with Crippen molar-refractivity contribution in [2.24, 2.45) is 0 Å². The van der Waals surface area contributed by atoms with E-state index in [1.54, 1.807) is 37.3 Å². The monoisotopic (exact) mass is 562 g/mol. The number of rotatable bonds is 10. The molecule has 14 heteroatoms. The molecule has 0 saturated carbocycles. The van der Waals surface area contributed by atoms with Crippen molar-refractivity contribution >= 4 is 41.4 Å². The standard InChI is InChI=1S/C26H23ClN8O5/c1-2-40-25(39)19-14-28-26(31-23(19)37)32-24(38)20(12-16-6-4-3-5-7-16)30-22(36)11-8-17-13-18(27)9-10-21(17)35-15-29-33-34-35/h3-11,13-15,20H,2,12H2,1H3,(H,30,36)(H2,28,31,32,37,38)/b11-8+/t20-/m0/s1. The molecule has 204 valence electrons. The van der Waals surface area contributed by atoms with Gasteiger partial charge in [0.25, 0.3) is 0 Å². The first-order valence-electron chi connectivity index (χ1n) is 11.9. The number of ether oxygens (including phenoxy) is 1. The number of aromatic hydroxyl groups is 1. The van der Waals surface area contributed by atoms with E-state index in [1.165, 1.54) is 23.2 Å². The van der Waals surface area contributed by atoms with Gasteiger partial charge in [0, 0.05) is 23.1 Å². The highest BCUT2D eigenvalue weighted by atomic mass is 35.5. The molecule has 4 aromatic rings. The van der Waals surface area contributed by atoms with Crippen LogP contribution in [0.5, 0.6) is 5.88 Å². The average molecular weight is 563 g/mol. The number of tetrazole rings is 1. The van der Waals surface area contributed by atoms with Gasteiger partial charge in [-0.05, 0) is 47.2 Å². The maximum atomic E-state index is 13.2. The Labute approximate surface area is 232 Å². The molecule has 0 bridgehead atoms. The third kappa shape index (κ3) is 7.23. The van der Waals surface area contributed by atoms with Crippen LogP contribution in [0.4, 0.5) is 5.95 Å². The zero-order valence-electron chi connectivity index (χ0n) is 21.1. The quantitative estimate of drug-likeness (QED) is 0.192. The lowest BCUT2D eigenvalue weighted by molar-refractivity contribution is -0.123. The van der Waals surface area contributed by atoms with Gasteiger partial charge < -0.3 is 15.2 Å². The predicted molar refractivity (Wildman–Crippen MR) is 144 cm³/mol. The van der Waals surface area contributed by atoms with Gasteiger partial charge in [0.15, 0.2) is 0 Å². The summed E-state index contributed by atoms with van der Waals surface area (Å²) in [5.41, 5.74) is 1.68. The first kappa shape index (κ1) is 27.9. The van der Waals surface area contributed by atoms with Crippen LogP contribution in [0.15, 0.2) is 67.1 Å². The summed E-state index contributed by atoms with van der Waals surface area (Å²) in [6.45, 7) is 1.71. The molecule has 0 aliphatic rings. The summed E-state index contributed by atoms with van der Waals surface area (Å²) >= 11 is 6.14. The van der Waals surface area contributed by atoms with E-state index in [-0.39, 0.29) is 24.5 Å². The van der Waals surface area contributed by atoms with Crippen LogP contribution in [-0.4, -0.2) is 65.7 Å². The minimum atomic E-state index is -1.05. The van der Waals surface area contributed by atoms with Gasteiger partial charge in [0.1, 0.15) is 17.9 Å². The number of carbonyl (C=O) groups excluding carboxylic acids is 3. The van der Waals surface area contributed by atoms with Gasteiger partial charge in [-0.25, -0.2) is 9.78 Å². The number of esters is 1. The maximum Gasteiger partial charge on any atom is 0.345 e. The van der Waals surface area contributed by atoms with Crippen molar-refractivity contribution in [1.29, 1.82) is 0 Å². The Morgan fingerprint density at radius 1 is 1.18 bits per heavy atom. The Balaban J connectivity index is 1.52. The van der Waals surface area contributed by atoms with Crippen LogP contribution < -0.4 is 10.6 Å². The van der Waals surface area contributed by atoms with Crippen LogP contribution in [0.25, 0.3) is 11.8 Å². The highest BCUT2D eigenvalue weighted by Crippen LogP contribution is 2.20.